The van der Waals surface area contributed by atoms with Gasteiger partial charge in [0.05, 0.1) is 17.1 Å². The predicted octanol–water partition coefficient (Wildman–Crippen LogP) is 2.12. The van der Waals surface area contributed by atoms with E-state index in [1.54, 1.807) is 10.5 Å². The molecule has 1 aliphatic heterocycles. The highest BCUT2D eigenvalue weighted by Crippen LogP contribution is 2.20. The number of rotatable bonds is 2. The average molecular weight is 374 g/mol. The van der Waals surface area contributed by atoms with Gasteiger partial charge in [-0.3, -0.25) is 9.20 Å². The van der Waals surface area contributed by atoms with E-state index >= 15 is 0 Å². The van der Waals surface area contributed by atoms with Crippen molar-refractivity contribution in [2.24, 2.45) is 0 Å². The van der Waals surface area contributed by atoms with Gasteiger partial charge in [-0.15, -0.1) is 0 Å². The van der Waals surface area contributed by atoms with Gasteiger partial charge in [0.1, 0.15) is 11.3 Å². The molecule has 4 aromatic rings. The fourth-order valence-electron chi connectivity index (χ4n) is 3.86. The molecule has 0 saturated carbocycles. The largest absolute Gasteiger partial charge is 0.368 e. The number of nitrogens with one attached hydrogen (secondary N) is 1. The van der Waals surface area contributed by atoms with E-state index in [1.807, 2.05) is 54.2 Å². The molecule has 1 N–H and O–H groups in total. The van der Waals surface area contributed by atoms with Crippen LogP contribution in [0.15, 0.2) is 53.7 Å². The molecule has 5 heterocycles. The Morgan fingerprint density at radius 3 is 2.79 bits per heavy atom. The normalized spacial score (nSPS) is 17.5. The van der Waals surface area contributed by atoms with Gasteiger partial charge in [-0.2, -0.15) is 0 Å². The highest BCUT2D eigenvalue weighted by molar-refractivity contribution is 5.64. The number of hydrogen-bond donors (Lipinski definition) is 1. The fraction of sp³-hybridized carbons (Fsp3) is 0.286. The van der Waals surface area contributed by atoms with Gasteiger partial charge in [0.15, 0.2) is 0 Å². The van der Waals surface area contributed by atoms with E-state index in [0.717, 1.165) is 42.2 Å². The molecule has 0 bridgehead atoms. The van der Waals surface area contributed by atoms with Crippen LogP contribution in [0.25, 0.3) is 22.6 Å². The fourth-order valence-corrected chi connectivity index (χ4v) is 3.86. The lowest BCUT2D eigenvalue weighted by Crippen LogP contribution is -2.49. The third-order valence-corrected chi connectivity index (χ3v) is 5.25. The molecular weight excluding hydrogens is 352 g/mol. The lowest BCUT2D eigenvalue weighted by atomic mass is 10.2. The Morgan fingerprint density at radius 1 is 1.07 bits per heavy atom. The highest BCUT2D eigenvalue weighted by Gasteiger charge is 2.17. The number of aryl methyl sites for hydroxylation is 1. The van der Waals surface area contributed by atoms with Gasteiger partial charge >= 0.3 is 0 Å². The van der Waals surface area contributed by atoms with Gasteiger partial charge in [0.2, 0.25) is 0 Å². The van der Waals surface area contributed by atoms with E-state index < -0.39 is 0 Å². The van der Waals surface area contributed by atoms with Crippen LogP contribution in [0.5, 0.6) is 0 Å². The lowest BCUT2D eigenvalue weighted by molar-refractivity contribution is 0.484. The van der Waals surface area contributed by atoms with E-state index in [9.17, 15) is 4.79 Å². The first-order chi connectivity index (χ1) is 13.6. The Bertz CT molecular complexity index is 1240. The topological polar surface area (TPSA) is 66.9 Å². The van der Waals surface area contributed by atoms with Crippen molar-refractivity contribution in [2.75, 3.05) is 24.5 Å². The van der Waals surface area contributed by atoms with Crippen molar-refractivity contribution < 1.29 is 0 Å². The van der Waals surface area contributed by atoms with Crippen molar-refractivity contribution in [2.45, 2.75) is 19.9 Å². The van der Waals surface area contributed by atoms with Crippen LogP contribution in [0.1, 0.15) is 12.6 Å². The van der Waals surface area contributed by atoms with Crippen molar-refractivity contribution in [3.63, 3.8) is 0 Å². The molecule has 1 fully saturated rings. The monoisotopic (exact) mass is 374 g/mol. The van der Waals surface area contributed by atoms with Crippen LogP contribution >= 0.6 is 0 Å². The summed E-state index contributed by atoms with van der Waals surface area (Å²) in [6, 6.07) is 9.90. The Balaban J connectivity index is 1.56. The molecule has 1 saturated heterocycles. The summed E-state index contributed by atoms with van der Waals surface area (Å²) in [5, 5.41) is 3.44. The maximum Gasteiger partial charge on any atom is 0.258 e. The maximum atomic E-state index is 12.8. The Kier molecular flexibility index (Phi) is 3.91. The molecule has 4 aromatic heterocycles. The van der Waals surface area contributed by atoms with Crippen molar-refractivity contribution in [3.8, 4) is 11.3 Å². The average Bonchev–Trinajstić information content (AvgIpc) is 3.07. The van der Waals surface area contributed by atoms with Gasteiger partial charge < -0.3 is 14.6 Å². The number of hydrogen-bond acceptors (Lipinski definition) is 5. The van der Waals surface area contributed by atoms with Crippen LogP contribution < -0.4 is 15.8 Å². The van der Waals surface area contributed by atoms with Crippen molar-refractivity contribution in [1.29, 1.82) is 0 Å². The van der Waals surface area contributed by atoms with E-state index in [1.165, 1.54) is 0 Å². The quantitative estimate of drug-likeness (QED) is 0.582. The zero-order valence-corrected chi connectivity index (χ0v) is 16.0. The molecule has 0 aliphatic carbocycles. The summed E-state index contributed by atoms with van der Waals surface area (Å²) in [6.45, 7) is 6.94. The first kappa shape index (κ1) is 16.9. The van der Waals surface area contributed by atoms with Crippen molar-refractivity contribution >= 4 is 17.0 Å². The van der Waals surface area contributed by atoms with E-state index in [0.29, 0.717) is 17.4 Å². The Morgan fingerprint density at radius 2 is 1.93 bits per heavy atom. The van der Waals surface area contributed by atoms with Gasteiger partial charge in [0.25, 0.3) is 5.56 Å². The third kappa shape index (κ3) is 2.93. The van der Waals surface area contributed by atoms with Crippen LogP contribution in [0.2, 0.25) is 0 Å². The zero-order chi connectivity index (χ0) is 19.3. The van der Waals surface area contributed by atoms with Crippen LogP contribution in [0.4, 0.5) is 5.69 Å². The summed E-state index contributed by atoms with van der Waals surface area (Å²) in [4.78, 5) is 24.3. The van der Waals surface area contributed by atoms with Crippen LogP contribution in [-0.4, -0.2) is 44.4 Å². The molecule has 5 rings (SSSR count). The van der Waals surface area contributed by atoms with E-state index in [2.05, 4.69) is 22.1 Å². The summed E-state index contributed by atoms with van der Waals surface area (Å²) >= 11 is 0. The molecular formula is C21H22N6O. The van der Waals surface area contributed by atoms with Gasteiger partial charge in [-0.25, -0.2) is 9.97 Å². The number of aromatic nitrogens is 4. The van der Waals surface area contributed by atoms with Gasteiger partial charge in [0, 0.05) is 55.9 Å². The number of imidazole rings is 1. The minimum absolute atomic E-state index is 0.0769. The molecule has 1 atom stereocenters. The van der Waals surface area contributed by atoms with E-state index in [4.69, 9.17) is 4.98 Å². The van der Waals surface area contributed by atoms with Crippen molar-refractivity contribution in [1.82, 2.24) is 24.1 Å². The lowest BCUT2D eigenvalue weighted by Gasteiger charge is -2.33. The van der Waals surface area contributed by atoms with Crippen LogP contribution in [0.3, 0.4) is 0 Å². The van der Waals surface area contributed by atoms with Crippen LogP contribution in [-0.2, 0) is 0 Å². The van der Waals surface area contributed by atoms with Crippen LogP contribution in [0, 0.1) is 6.92 Å². The van der Waals surface area contributed by atoms with E-state index in [-0.39, 0.29) is 5.56 Å². The minimum Gasteiger partial charge on any atom is -0.368 e. The molecule has 0 aromatic carbocycles. The number of anilines is 1. The number of pyridine rings is 2. The molecule has 0 spiro atoms. The SMILES string of the molecule is Cc1cn2cc(-c3cc(=O)n4cc(N5CCN[C@@H](C)C5)ccc4n3)ccc2n1. The minimum atomic E-state index is -0.0769. The maximum absolute atomic E-state index is 12.8. The smallest absolute Gasteiger partial charge is 0.258 e. The third-order valence-electron chi connectivity index (χ3n) is 5.25. The molecule has 28 heavy (non-hydrogen) atoms. The summed E-state index contributed by atoms with van der Waals surface area (Å²) in [5.74, 6) is 0. The molecule has 0 radical (unpaired) electrons. The zero-order valence-electron chi connectivity index (χ0n) is 16.0. The summed E-state index contributed by atoms with van der Waals surface area (Å²) in [5.41, 5.74) is 5.02. The Labute approximate surface area is 162 Å². The van der Waals surface area contributed by atoms with Gasteiger partial charge in [-0.1, -0.05) is 0 Å². The number of nitrogens with zero attached hydrogens (tertiary/aromatic N) is 5. The highest BCUT2D eigenvalue weighted by atomic mass is 16.1. The summed E-state index contributed by atoms with van der Waals surface area (Å²) in [6.07, 6.45) is 5.83. The second-order valence-corrected chi connectivity index (χ2v) is 7.46. The summed E-state index contributed by atoms with van der Waals surface area (Å²) in [7, 11) is 0. The molecule has 0 unspecified atom stereocenters. The molecule has 1 aliphatic rings. The summed E-state index contributed by atoms with van der Waals surface area (Å²) < 4.78 is 3.59. The molecule has 7 heteroatoms. The number of piperazine rings is 1. The molecule has 7 nitrogen and oxygen atoms in total. The van der Waals surface area contributed by atoms with Gasteiger partial charge in [-0.05, 0) is 38.1 Å². The predicted molar refractivity (Wildman–Crippen MR) is 110 cm³/mol. The van der Waals surface area contributed by atoms with Crippen molar-refractivity contribution in [3.05, 3.63) is 65.0 Å². The first-order valence-corrected chi connectivity index (χ1v) is 9.54. The standard InChI is InChI=1S/C21H22N6O/c1-14-10-25(8-7-22-14)17-4-6-20-24-18(9-21(28)27(20)13-17)16-3-5-19-23-15(2)11-26(19)12-16/h3-6,9,11-14,22H,7-8,10H2,1-2H3/t14-/m0/s1. The second kappa shape index (κ2) is 6.45. The Hall–Kier alpha value is -3.19. The number of fused-ring (bicyclic) bond motifs is 2. The molecule has 0 amide bonds. The molecule has 142 valence electrons. The first-order valence-electron chi connectivity index (χ1n) is 9.54. The second-order valence-electron chi connectivity index (χ2n) is 7.46.